The van der Waals surface area contributed by atoms with Gasteiger partial charge in [0.2, 0.25) is 0 Å². The largest absolute Gasteiger partial charge is 0.462 e. The van der Waals surface area contributed by atoms with E-state index in [2.05, 4.69) is 148 Å². The maximum atomic E-state index is 12.8. The summed E-state index contributed by atoms with van der Waals surface area (Å²) in [6, 6.07) is 0. The van der Waals surface area contributed by atoms with Crippen molar-refractivity contribution in [2.24, 2.45) is 0 Å². The molecule has 0 aliphatic heterocycles. The lowest BCUT2D eigenvalue weighted by atomic mass is 10.0. The quantitative estimate of drug-likeness (QED) is 0.0346. The third-order valence-corrected chi connectivity index (χ3v) is 10.7. The third-order valence-electron chi connectivity index (χ3n) is 10.7. The summed E-state index contributed by atoms with van der Waals surface area (Å²) >= 11 is 0. The molecule has 0 fully saturated rings. The van der Waals surface area contributed by atoms with Crippen LogP contribution in [0.5, 0.6) is 0 Å². The number of rotatable bonds is 47. The van der Waals surface area contributed by atoms with Crippen molar-refractivity contribution in [2.75, 3.05) is 19.8 Å². The topological polar surface area (TPSA) is 61.8 Å². The minimum absolute atomic E-state index is 0.0157. The molecular weight excluding hydrogens is 813 g/mol. The van der Waals surface area contributed by atoms with Crippen molar-refractivity contribution < 1.29 is 23.8 Å². The molecule has 0 bridgehead atoms. The first-order valence-electron chi connectivity index (χ1n) is 26.7. The lowest BCUT2D eigenvalue weighted by molar-refractivity contribution is -0.162. The minimum Gasteiger partial charge on any atom is -0.462 e. The Balaban J connectivity index is 4.50. The maximum absolute atomic E-state index is 12.8. The van der Waals surface area contributed by atoms with Crippen LogP contribution in [0.4, 0.5) is 0 Å². The van der Waals surface area contributed by atoms with Crippen molar-refractivity contribution in [3.05, 3.63) is 134 Å². The molecule has 5 nitrogen and oxygen atoms in total. The highest BCUT2D eigenvalue weighted by Gasteiger charge is 2.17. The molecule has 0 N–H and O–H groups in total. The van der Waals surface area contributed by atoms with Crippen LogP contribution in [0, 0.1) is 0 Å². The van der Waals surface area contributed by atoms with Crippen molar-refractivity contribution in [1.82, 2.24) is 0 Å². The van der Waals surface area contributed by atoms with Crippen molar-refractivity contribution >= 4 is 11.9 Å². The van der Waals surface area contributed by atoms with Crippen molar-refractivity contribution in [3.63, 3.8) is 0 Å². The molecule has 1 atom stereocenters. The van der Waals surface area contributed by atoms with Crippen LogP contribution >= 0.6 is 0 Å². The fourth-order valence-corrected chi connectivity index (χ4v) is 6.81. The standard InChI is InChI=1S/C61H98O5/c1-4-7-10-13-16-19-22-25-28-30-31-33-34-36-39-42-45-48-51-54-60(62)65-58-59(57-64-56-53-50-47-44-41-38-27-24-21-18-15-12-9-6-3)66-61(63)55-52-49-46-43-40-37-35-32-29-26-23-20-17-14-11-8-5-2/h7-8,10-11,16-17,19-20,25-26,28-29,31,33,35-37,39,43,45-46,48,59H,4-6,9,12-15,18,21-24,27,30,32,34,38,40-42,44,47,49-58H2,1-3H3/b10-7-,11-8-,19-16-,20-17-,28-25-,29-26-,33-31-,37-35-,39-36-,46-43-,48-45-. The smallest absolute Gasteiger partial charge is 0.306 e. The molecule has 0 amide bonds. The van der Waals surface area contributed by atoms with Crippen LogP contribution < -0.4 is 0 Å². The molecule has 0 aromatic rings. The summed E-state index contributed by atoms with van der Waals surface area (Å²) in [6.07, 6.45) is 79.1. The number of carbonyl (C=O) groups is 2. The van der Waals surface area contributed by atoms with E-state index in [0.29, 0.717) is 25.9 Å². The number of hydrogen-bond acceptors (Lipinski definition) is 5. The summed E-state index contributed by atoms with van der Waals surface area (Å²) in [4.78, 5) is 25.4. The van der Waals surface area contributed by atoms with Crippen LogP contribution in [0.25, 0.3) is 0 Å². The van der Waals surface area contributed by atoms with Gasteiger partial charge in [0.25, 0.3) is 0 Å². The molecule has 0 heterocycles. The SMILES string of the molecule is CC/C=C\C/C=C\C/C=C\C/C=C\C/C=C\C/C=C\CCC(=O)OCC(COCCCCCCCCCCCCCCCC)OC(=O)CCC/C=C\C/C=C\C/C=C\C/C=C\C/C=C\CC. The first-order chi connectivity index (χ1) is 32.6. The highest BCUT2D eigenvalue weighted by Crippen LogP contribution is 2.13. The number of unbranched alkanes of at least 4 members (excludes halogenated alkanes) is 14. The zero-order valence-corrected chi connectivity index (χ0v) is 42.7. The lowest BCUT2D eigenvalue weighted by Crippen LogP contribution is -2.30. The Kier molecular flexibility index (Phi) is 52.0. The van der Waals surface area contributed by atoms with E-state index in [1.54, 1.807) is 0 Å². The Hall–Kier alpha value is -3.96. The number of ether oxygens (including phenoxy) is 3. The van der Waals surface area contributed by atoms with Crippen LogP contribution in [0.3, 0.4) is 0 Å². The molecule has 0 aromatic carbocycles. The summed E-state index contributed by atoms with van der Waals surface area (Å²) in [7, 11) is 0. The van der Waals surface area contributed by atoms with Crippen LogP contribution in [0.2, 0.25) is 0 Å². The molecule has 372 valence electrons. The summed E-state index contributed by atoms with van der Waals surface area (Å²) in [5.74, 6) is -0.567. The molecule has 66 heavy (non-hydrogen) atoms. The van der Waals surface area contributed by atoms with E-state index in [0.717, 1.165) is 89.9 Å². The molecule has 0 saturated carbocycles. The lowest BCUT2D eigenvalue weighted by Gasteiger charge is -2.18. The van der Waals surface area contributed by atoms with E-state index in [-0.39, 0.29) is 31.6 Å². The monoisotopic (exact) mass is 911 g/mol. The molecule has 0 aliphatic carbocycles. The Labute approximate surface area is 407 Å². The zero-order valence-electron chi connectivity index (χ0n) is 42.7. The van der Waals surface area contributed by atoms with Gasteiger partial charge in [-0.25, -0.2) is 0 Å². The highest BCUT2D eigenvalue weighted by atomic mass is 16.6. The Morgan fingerprint density at radius 2 is 0.697 bits per heavy atom. The van der Waals surface area contributed by atoms with E-state index in [4.69, 9.17) is 14.2 Å². The number of esters is 2. The van der Waals surface area contributed by atoms with Crippen LogP contribution in [-0.4, -0.2) is 37.9 Å². The molecule has 0 spiro atoms. The van der Waals surface area contributed by atoms with E-state index >= 15 is 0 Å². The minimum atomic E-state index is -0.604. The zero-order chi connectivity index (χ0) is 47.7. The van der Waals surface area contributed by atoms with Gasteiger partial charge in [0.15, 0.2) is 6.10 Å². The van der Waals surface area contributed by atoms with E-state index in [1.165, 1.54) is 77.0 Å². The molecule has 0 saturated heterocycles. The summed E-state index contributed by atoms with van der Waals surface area (Å²) in [5.41, 5.74) is 0. The van der Waals surface area contributed by atoms with Gasteiger partial charge in [0.05, 0.1) is 6.61 Å². The average molecular weight is 911 g/mol. The summed E-state index contributed by atoms with van der Waals surface area (Å²) < 4.78 is 17.3. The average Bonchev–Trinajstić information content (AvgIpc) is 3.32. The fraction of sp³-hybridized carbons (Fsp3) is 0.607. The van der Waals surface area contributed by atoms with Gasteiger partial charge in [-0.2, -0.15) is 0 Å². The number of hydrogen-bond donors (Lipinski definition) is 0. The third kappa shape index (κ3) is 52.7. The molecule has 5 heteroatoms. The molecule has 1 unspecified atom stereocenters. The van der Waals surface area contributed by atoms with Gasteiger partial charge >= 0.3 is 11.9 Å². The van der Waals surface area contributed by atoms with Gasteiger partial charge in [-0.3, -0.25) is 9.59 Å². The Morgan fingerprint density at radius 3 is 1.09 bits per heavy atom. The Bertz CT molecular complexity index is 1400. The normalized spacial score (nSPS) is 13.3. The summed E-state index contributed by atoms with van der Waals surface area (Å²) in [6.45, 7) is 7.45. The molecular formula is C61H98O5. The van der Waals surface area contributed by atoms with Crippen molar-refractivity contribution in [2.45, 2.75) is 219 Å². The van der Waals surface area contributed by atoms with Crippen molar-refractivity contribution in [1.29, 1.82) is 0 Å². The molecule has 0 aromatic heterocycles. The number of carbonyl (C=O) groups excluding carboxylic acids is 2. The second-order valence-electron chi connectivity index (χ2n) is 17.0. The van der Waals surface area contributed by atoms with Gasteiger partial charge < -0.3 is 14.2 Å². The predicted molar refractivity (Wildman–Crippen MR) is 288 cm³/mol. The second-order valence-corrected chi connectivity index (χ2v) is 17.0. The van der Waals surface area contributed by atoms with Crippen molar-refractivity contribution in [3.8, 4) is 0 Å². The molecule has 0 aliphatic rings. The van der Waals surface area contributed by atoms with Gasteiger partial charge in [0.1, 0.15) is 6.61 Å². The number of allylic oxidation sites excluding steroid dienone is 22. The molecule has 0 radical (unpaired) electrons. The van der Waals surface area contributed by atoms with Gasteiger partial charge in [-0.05, 0) is 96.3 Å². The van der Waals surface area contributed by atoms with Crippen LogP contribution in [0.1, 0.15) is 213 Å². The van der Waals surface area contributed by atoms with Gasteiger partial charge in [0, 0.05) is 19.4 Å². The first-order valence-corrected chi connectivity index (χ1v) is 26.7. The van der Waals surface area contributed by atoms with E-state index < -0.39 is 6.10 Å². The maximum Gasteiger partial charge on any atom is 0.306 e. The van der Waals surface area contributed by atoms with Gasteiger partial charge in [-0.15, -0.1) is 0 Å². The predicted octanol–water partition coefficient (Wildman–Crippen LogP) is 18.3. The van der Waals surface area contributed by atoms with Crippen LogP contribution in [-0.2, 0) is 23.8 Å². The summed E-state index contributed by atoms with van der Waals surface area (Å²) in [5, 5.41) is 0. The van der Waals surface area contributed by atoms with Gasteiger partial charge in [-0.1, -0.05) is 238 Å². The van der Waals surface area contributed by atoms with Crippen LogP contribution in [0.15, 0.2) is 134 Å². The highest BCUT2D eigenvalue weighted by molar-refractivity contribution is 5.70. The van der Waals surface area contributed by atoms with E-state index in [9.17, 15) is 9.59 Å². The molecule has 0 rings (SSSR count). The first kappa shape index (κ1) is 62.0. The fourth-order valence-electron chi connectivity index (χ4n) is 6.81. The van der Waals surface area contributed by atoms with E-state index in [1.807, 2.05) is 6.08 Å². The second kappa shape index (κ2) is 55.4. The Morgan fingerprint density at radius 1 is 0.348 bits per heavy atom.